The largest absolute Gasteiger partial charge is 0.356 e. The van der Waals surface area contributed by atoms with Crippen LogP contribution in [0.4, 0.5) is 0 Å². The summed E-state index contributed by atoms with van der Waals surface area (Å²) in [5, 5.41) is 3.05. The molecular weight excluding hydrogens is 376 g/mol. The quantitative estimate of drug-likeness (QED) is 0.799. The zero-order valence-corrected chi connectivity index (χ0v) is 17.6. The van der Waals surface area contributed by atoms with Crippen LogP contribution in [-0.4, -0.2) is 46.3 Å². The molecule has 4 rings (SSSR count). The standard InChI is InChI=1S/C24H30N4O2/c1-2-27-23(30)24(9-11-28(12-10-24)22(29)19-6-4-7-19)14-18-5-3-8-20(13-18)21-15-25-17-26-16-21/h3,5,8,13,15-17,19H,2,4,6-7,9-12,14H2,1H3,(H,27,30). The maximum absolute atomic E-state index is 13.1. The maximum Gasteiger partial charge on any atom is 0.226 e. The van der Waals surface area contributed by atoms with Gasteiger partial charge in [-0.25, -0.2) is 9.97 Å². The van der Waals surface area contributed by atoms with Crippen LogP contribution in [0.2, 0.25) is 0 Å². The van der Waals surface area contributed by atoms with Crippen molar-refractivity contribution in [3.63, 3.8) is 0 Å². The summed E-state index contributed by atoms with van der Waals surface area (Å²) in [7, 11) is 0. The normalized spacial score (nSPS) is 18.5. The van der Waals surface area contributed by atoms with E-state index in [1.807, 2.05) is 24.0 Å². The third-order valence-electron chi connectivity index (χ3n) is 6.67. The number of rotatable bonds is 6. The topological polar surface area (TPSA) is 75.2 Å². The minimum Gasteiger partial charge on any atom is -0.356 e. The van der Waals surface area contributed by atoms with E-state index in [1.165, 1.54) is 6.33 Å². The highest BCUT2D eigenvalue weighted by atomic mass is 16.2. The van der Waals surface area contributed by atoms with Crippen LogP contribution in [0, 0.1) is 11.3 Å². The van der Waals surface area contributed by atoms with Crippen LogP contribution in [0.25, 0.3) is 11.1 Å². The second kappa shape index (κ2) is 8.94. The van der Waals surface area contributed by atoms with E-state index in [0.717, 1.165) is 36.0 Å². The Kier molecular flexibility index (Phi) is 6.11. The van der Waals surface area contributed by atoms with E-state index in [2.05, 4.69) is 27.4 Å². The number of aromatic nitrogens is 2. The molecule has 0 atom stereocenters. The second-order valence-electron chi connectivity index (χ2n) is 8.60. The van der Waals surface area contributed by atoms with Crippen molar-refractivity contribution in [2.75, 3.05) is 19.6 Å². The Morgan fingerprint density at radius 2 is 1.87 bits per heavy atom. The van der Waals surface area contributed by atoms with Gasteiger partial charge in [0.05, 0.1) is 5.41 Å². The van der Waals surface area contributed by atoms with Crippen LogP contribution in [0.5, 0.6) is 0 Å². The molecule has 2 heterocycles. The summed E-state index contributed by atoms with van der Waals surface area (Å²) in [6, 6.07) is 8.28. The van der Waals surface area contributed by atoms with E-state index in [0.29, 0.717) is 38.9 Å². The fourth-order valence-electron chi connectivity index (χ4n) is 4.60. The highest BCUT2D eigenvalue weighted by Gasteiger charge is 2.43. The van der Waals surface area contributed by atoms with Crippen molar-refractivity contribution in [1.82, 2.24) is 20.2 Å². The average molecular weight is 407 g/mol. The van der Waals surface area contributed by atoms with E-state index in [9.17, 15) is 9.59 Å². The molecule has 1 aromatic carbocycles. The molecule has 30 heavy (non-hydrogen) atoms. The van der Waals surface area contributed by atoms with E-state index in [-0.39, 0.29) is 17.7 Å². The number of likely N-dealkylation sites (tertiary alicyclic amines) is 1. The van der Waals surface area contributed by atoms with Gasteiger partial charge < -0.3 is 10.2 Å². The van der Waals surface area contributed by atoms with Gasteiger partial charge in [0, 0.05) is 43.5 Å². The van der Waals surface area contributed by atoms with E-state index < -0.39 is 5.41 Å². The van der Waals surface area contributed by atoms with Crippen LogP contribution in [0.15, 0.2) is 43.0 Å². The molecule has 2 fully saturated rings. The smallest absolute Gasteiger partial charge is 0.226 e. The number of hydrogen-bond donors (Lipinski definition) is 1. The fourth-order valence-corrected chi connectivity index (χ4v) is 4.60. The molecule has 0 spiro atoms. The molecule has 1 saturated heterocycles. The Labute approximate surface area is 178 Å². The number of amides is 2. The van der Waals surface area contributed by atoms with Gasteiger partial charge in [-0.3, -0.25) is 9.59 Å². The average Bonchev–Trinajstić information content (AvgIpc) is 2.74. The van der Waals surface area contributed by atoms with Crippen LogP contribution in [0.1, 0.15) is 44.6 Å². The predicted molar refractivity (Wildman–Crippen MR) is 115 cm³/mol. The molecule has 0 unspecified atom stereocenters. The molecule has 6 nitrogen and oxygen atoms in total. The first-order chi connectivity index (χ1) is 14.6. The SMILES string of the molecule is CCNC(=O)C1(Cc2cccc(-c3cncnc3)c2)CCN(C(=O)C2CCC2)CC1. The molecule has 2 amide bonds. The maximum atomic E-state index is 13.1. The monoisotopic (exact) mass is 406 g/mol. The number of hydrogen-bond acceptors (Lipinski definition) is 4. The molecular formula is C24H30N4O2. The van der Waals surface area contributed by atoms with Crippen molar-refractivity contribution >= 4 is 11.8 Å². The minimum absolute atomic E-state index is 0.106. The highest BCUT2D eigenvalue weighted by molar-refractivity contribution is 5.84. The lowest BCUT2D eigenvalue weighted by Gasteiger charge is -2.42. The number of benzene rings is 1. The lowest BCUT2D eigenvalue weighted by molar-refractivity contribution is -0.144. The van der Waals surface area contributed by atoms with Crippen molar-refractivity contribution < 1.29 is 9.59 Å². The van der Waals surface area contributed by atoms with Gasteiger partial charge in [-0.2, -0.15) is 0 Å². The molecule has 1 N–H and O–H groups in total. The molecule has 6 heteroatoms. The summed E-state index contributed by atoms with van der Waals surface area (Å²) in [5.74, 6) is 0.609. The molecule has 158 valence electrons. The molecule has 2 aromatic rings. The van der Waals surface area contributed by atoms with Crippen LogP contribution in [-0.2, 0) is 16.0 Å². The van der Waals surface area contributed by atoms with Gasteiger partial charge in [-0.15, -0.1) is 0 Å². The van der Waals surface area contributed by atoms with Gasteiger partial charge in [-0.05, 0) is 50.2 Å². The number of carbonyl (C=O) groups is 2. The third-order valence-corrected chi connectivity index (χ3v) is 6.67. The summed E-state index contributed by atoms with van der Waals surface area (Å²) in [4.78, 5) is 36.0. The Morgan fingerprint density at radius 1 is 1.13 bits per heavy atom. The Balaban J connectivity index is 1.52. The molecule has 2 aliphatic rings. The zero-order valence-electron chi connectivity index (χ0n) is 17.6. The molecule has 0 radical (unpaired) electrons. The first-order valence-corrected chi connectivity index (χ1v) is 11.0. The van der Waals surface area contributed by atoms with Crippen LogP contribution < -0.4 is 5.32 Å². The van der Waals surface area contributed by atoms with Crippen molar-refractivity contribution in [1.29, 1.82) is 0 Å². The first kappa shape index (κ1) is 20.5. The zero-order chi connectivity index (χ0) is 21.0. The number of nitrogens with one attached hydrogen (secondary N) is 1. The van der Waals surface area contributed by atoms with Crippen molar-refractivity contribution in [3.8, 4) is 11.1 Å². The van der Waals surface area contributed by atoms with Gasteiger partial charge in [-0.1, -0.05) is 30.7 Å². The van der Waals surface area contributed by atoms with Crippen molar-refractivity contribution in [3.05, 3.63) is 48.5 Å². The van der Waals surface area contributed by atoms with Crippen LogP contribution >= 0.6 is 0 Å². The molecule has 0 bridgehead atoms. The third kappa shape index (κ3) is 4.23. The Morgan fingerprint density at radius 3 is 2.50 bits per heavy atom. The van der Waals surface area contributed by atoms with Gasteiger partial charge in [0.15, 0.2) is 0 Å². The van der Waals surface area contributed by atoms with E-state index in [1.54, 1.807) is 12.4 Å². The summed E-state index contributed by atoms with van der Waals surface area (Å²) >= 11 is 0. The second-order valence-corrected chi connectivity index (χ2v) is 8.60. The van der Waals surface area contributed by atoms with Gasteiger partial charge in [0.25, 0.3) is 0 Å². The van der Waals surface area contributed by atoms with Gasteiger partial charge >= 0.3 is 0 Å². The number of carbonyl (C=O) groups excluding carboxylic acids is 2. The summed E-state index contributed by atoms with van der Waals surface area (Å²) in [6.07, 6.45) is 10.4. The fraction of sp³-hybridized carbons (Fsp3) is 0.500. The van der Waals surface area contributed by atoms with Gasteiger partial charge in [0.1, 0.15) is 6.33 Å². The van der Waals surface area contributed by atoms with Crippen LogP contribution in [0.3, 0.4) is 0 Å². The molecule has 1 aromatic heterocycles. The number of piperidine rings is 1. The van der Waals surface area contributed by atoms with Gasteiger partial charge in [0.2, 0.25) is 11.8 Å². The predicted octanol–water partition coefficient (Wildman–Crippen LogP) is 3.23. The Bertz CT molecular complexity index is 887. The van der Waals surface area contributed by atoms with E-state index in [4.69, 9.17) is 0 Å². The minimum atomic E-state index is -0.474. The summed E-state index contributed by atoms with van der Waals surface area (Å²) < 4.78 is 0. The lowest BCUT2D eigenvalue weighted by atomic mass is 9.72. The molecule has 1 aliphatic heterocycles. The summed E-state index contributed by atoms with van der Waals surface area (Å²) in [6.45, 7) is 3.90. The Hall–Kier alpha value is -2.76. The highest BCUT2D eigenvalue weighted by Crippen LogP contribution is 2.38. The van der Waals surface area contributed by atoms with Crippen molar-refractivity contribution in [2.45, 2.75) is 45.4 Å². The lowest BCUT2D eigenvalue weighted by Crippen LogP contribution is -2.52. The van der Waals surface area contributed by atoms with E-state index >= 15 is 0 Å². The number of nitrogens with zero attached hydrogens (tertiary/aromatic N) is 3. The van der Waals surface area contributed by atoms with Crippen molar-refractivity contribution in [2.24, 2.45) is 11.3 Å². The molecule has 1 aliphatic carbocycles. The molecule has 1 saturated carbocycles. The first-order valence-electron chi connectivity index (χ1n) is 11.0. The summed E-state index contributed by atoms with van der Waals surface area (Å²) in [5.41, 5.74) is 2.67.